The molecule has 0 saturated heterocycles. The lowest BCUT2D eigenvalue weighted by molar-refractivity contribution is -0.384. The van der Waals surface area contributed by atoms with Crippen LogP contribution < -0.4 is 10.6 Å². The van der Waals surface area contributed by atoms with Crippen molar-refractivity contribution in [1.29, 1.82) is 0 Å². The number of carbonyl (C=O) groups excluding carboxylic acids is 1. The van der Waals surface area contributed by atoms with Crippen LogP contribution >= 0.6 is 11.6 Å². The van der Waals surface area contributed by atoms with Crippen LogP contribution in [0.5, 0.6) is 0 Å². The molecule has 0 heterocycles. The largest absolute Gasteiger partial charge is 0.325 e. The van der Waals surface area contributed by atoms with Crippen LogP contribution in [0.2, 0.25) is 5.02 Å². The Morgan fingerprint density at radius 3 is 2.58 bits per heavy atom. The molecule has 2 N–H and O–H groups in total. The zero-order valence-corrected chi connectivity index (χ0v) is 11.7. The van der Waals surface area contributed by atoms with Gasteiger partial charge < -0.3 is 10.6 Å². The van der Waals surface area contributed by atoms with Crippen molar-refractivity contribution in [3.63, 3.8) is 0 Å². The Bertz CT molecular complexity index is 497. The highest BCUT2D eigenvalue weighted by Gasteiger charge is 2.15. The van der Waals surface area contributed by atoms with Crippen molar-refractivity contribution >= 4 is 28.9 Å². The molecule has 0 aliphatic heterocycles. The highest BCUT2D eigenvalue weighted by molar-refractivity contribution is 6.32. The minimum absolute atomic E-state index is 0.0378. The second kappa shape index (κ2) is 5.99. The van der Waals surface area contributed by atoms with E-state index in [0.29, 0.717) is 5.69 Å². The first-order valence-electron chi connectivity index (χ1n) is 5.68. The molecule has 0 radical (unpaired) electrons. The van der Waals surface area contributed by atoms with Crippen LogP contribution in [0, 0.1) is 10.1 Å². The van der Waals surface area contributed by atoms with Crippen LogP contribution in [-0.2, 0) is 4.79 Å². The summed E-state index contributed by atoms with van der Waals surface area (Å²) in [5, 5.41) is 16.3. The summed E-state index contributed by atoms with van der Waals surface area (Å²) < 4.78 is 0. The molecular formula is C12H16ClN3O3. The fourth-order valence-electron chi connectivity index (χ4n) is 1.28. The first-order valence-corrected chi connectivity index (χ1v) is 6.05. The fourth-order valence-corrected chi connectivity index (χ4v) is 1.47. The molecule has 7 heteroatoms. The third-order valence-corrected chi connectivity index (χ3v) is 2.53. The van der Waals surface area contributed by atoms with Crippen molar-refractivity contribution in [1.82, 2.24) is 5.32 Å². The molecule has 1 aromatic carbocycles. The number of nitrogens with zero attached hydrogens (tertiary/aromatic N) is 1. The molecular weight excluding hydrogens is 270 g/mol. The summed E-state index contributed by atoms with van der Waals surface area (Å²) >= 11 is 5.68. The van der Waals surface area contributed by atoms with Gasteiger partial charge in [0.15, 0.2) is 0 Å². The molecule has 0 aromatic heterocycles. The second-order valence-electron chi connectivity index (χ2n) is 5.08. The zero-order valence-electron chi connectivity index (χ0n) is 11.0. The van der Waals surface area contributed by atoms with Gasteiger partial charge in [-0.2, -0.15) is 0 Å². The van der Waals surface area contributed by atoms with Gasteiger partial charge in [0, 0.05) is 17.3 Å². The van der Waals surface area contributed by atoms with Crippen LogP contribution in [0.4, 0.5) is 11.4 Å². The lowest BCUT2D eigenvalue weighted by Crippen LogP contribution is -2.41. The molecule has 0 fully saturated rings. The number of hydrogen-bond acceptors (Lipinski definition) is 4. The van der Waals surface area contributed by atoms with Crippen molar-refractivity contribution in [2.45, 2.75) is 26.3 Å². The highest BCUT2D eigenvalue weighted by Crippen LogP contribution is 2.27. The summed E-state index contributed by atoms with van der Waals surface area (Å²) in [5.41, 5.74) is -0.0661. The molecule has 104 valence electrons. The predicted octanol–water partition coefficient (Wildman–Crippen LogP) is 2.57. The summed E-state index contributed by atoms with van der Waals surface area (Å²) in [6.07, 6.45) is 0. The van der Waals surface area contributed by atoms with Gasteiger partial charge in [-0.3, -0.25) is 14.9 Å². The van der Waals surface area contributed by atoms with E-state index < -0.39 is 4.92 Å². The monoisotopic (exact) mass is 285 g/mol. The van der Waals surface area contributed by atoms with E-state index >= 15 is 0 Å². The van der Waals surface area contributed by atoms with Crippen molar-refractivity contribution in [2.75, 3.05) is 11.9 Å². The number of amides is 1. The first kappa shape index (κ1) is 15.4. The van der Waals surface area contributed by atoms with E-state index in [1.54, 1.807) is 0 Å². The van der Waals surface area contributed by atoms with Gasteiger partial charge in [-0.25, -0.2) is 0 Å². The van der Waals surface area contributed by atoms with Gasteiger partial charge >= 0.3 is 0 Å². The van der Waals surface area contributed by atoms with E-state index in [1.807, 2.05) is 20.8 Å². The minimum Gasteiger partial charge on any atom is -0.325 e. The molecule has 0 atom stereocenters. The summed E-state index contributed by atoms with van der Waals surface area (Å²) in [7, 11) is 0. The number of anilines is 1. The summed E-state index contributed by atoms with van der Waals surface area (Å²) in [4.78, 5) is 21.8. The molecule has 0 unspecified atom stereocenters. The first-order chi connectivity index (χ1) is 8.69. The number of benzene rings is 1. The van der Waals surface area contributed by atoms with Gasteiger partial charge in [-0.05, 0) is 32.9 Å². The minimum atomic E-state index is -0.592. The number of carbonyl (C=O) groups is 1. The highest BCUT2D eigenvalue weighted by atomic mass is 35.5. The van der Waals surface area contributed by atoms with Crippen molar-refractivity contribution < 1.29 is 9.72 Å². The van der Waals surface area contributed by atoms with E-state index in [9.17, 15) is 14.9 Å². The lowest BCUT2D eigenvalue weighted by Gasteiger charge is -2.20. The second-order valence-corrected chi connectivity index (χ2v) is 5.48. The van der Waals surface area contributed by atoms with Gasteiger partial charge in [0.2, 0.25) is 5.91 Å². The number of nitrogens with one attached hydrogen (secondary N) is 2. The summed E-state index contributed by atoms with van der Waals surface area (Å²) in [5.74, 6) is -0.272. The average Bonchev–Trinajstić information content (AvgIpc) is 2.28. The van der Waals surface area contributed by atoms with Crippen LogP contribution in [0.15, 0.2) is 18.2 Å². The molecule has 0 spiro atoms. The molecule has 19 heavy (non-hydrogen) atoms. The zero-order chi connectivity index (χ0) is 14.6. The van der Waals surface area contributed by atoms with Crippen LogP contribution in [0.1, 0.15) is 20.8 Å². The van der Waals surface area contributed by atoms with Crippen LogP contribution in [0.25, 0.3) is 0 Å². The molecule has 1 aromatic rings. The van der Waals surface area contributed by atoms with E-state index in [4.69, 9.17) is 11.6 Å². The maximum absolute atomic E-state index is 11.6. The quantitative estimate of drug-likeness (QED) is 0.658. The number of halogens is 1. The number of hydrogen-bond donors (Lipinski definition) is 2. The number of nitro benzene ring substituents is 1. The Morgan fingerprint density at radius 2 is 2.05 bits per heavy atom. The van der Waals surface area contributed by atoms with Gasteiger partial charge in [0.25, 0.3) is 5.69 Å². The summed E-state index contributed by atoms with van der Waals surface area (Å²) in [6, 6.07) is 4.13. The average molecular weight is 286 g/mol. The molecule has 6 nitrogen and oxygen atoms in total. The van der Waals surface area contributed by atoms with Gasteiger partial charge in [0.05, 0.1) is 11.5 Å². The van der Waals surface area contributed by atoms with Crippen molar-refractivity contribution in [2.24, 2.45) is 0 Å². The van der Waals surface area contributed by atoms with Gasteiger partial charge in [0.1, 0.15) is 5.02 Å². The molecule has 0 saturated carbocycles. The Labute approximate surface area is 116 Å². The third-order valence-electron chi connectivity index (χ3n) is 2.21. The molecule has 0 aliphatic carbocycles. The molecule has 1 amide bonds. The topological polar surface area (TPSA) is 84.3 Å². The van der Waals surface area contributed by atoms with Gasteiger partial charge in [-0.15, -0.1) is 0 Å². The SMILES string of the molecule is CC(C)(C)NCC(=O)Nc1ccc(Cl)c([N+](=O)[O-])c1. The van der Waals surface area contributed by atoms with E-state index in [0.717, 1.165) is 0 Å². The van der Waals surface area contributed by atoms with Crippen molar-refractivity contribution in [3.05, 3.63) is 33.3 Å². The lowest BCUT2D eigenvalue weighted by atomic mass is 10.1. The Balaban J connectivity index is 2.70. The molecule has 0 aliphatic rings. The maximum atomic E-state index is 11.6. The Hall–Kier alpha value is -1.66. The van der Waals surface area contributed by atoms with E-state index in [-0.39, 0.29) is 28.7 Å². The van der Waals surface area contributed by atoms with E-state index in [1.165, 1.54) is 18.2 Å². The van der Waals surface area contributed by atoms with E-state index in [2.05, 4.69) is 10.6 Å². The standard InChI is InChI=1S/C12H16ClN3O3/c1-12(2,3)14-7-11(17)15-8-4-5-9(13)10(6-8)16(18)19/h4-6,14H,7H2,1-3H3,(H,15,17). The molecule has 0 bridgehead atoms. The predicted molar refractivity (Wildman–Crippen MR) is 74.5 cm³/mol. The summed E-state index contributed by atoms with van der Waals surface area (Å²) in [6.45, 7) is 5.94. The fraction of sp³-hybridized carbons (Fsp3) is 0.417. The smallest absolute Gasteiger partial charge is 0.289 e. The third kappa shape index (κ3) is 5.23. The van der Waals surface area contributed by atoms with Crippen LogP contribution in [0.3, 0.4) is 0 Å². The number of nitro groups is 1. The molecule has 1 rings (SSSR count). The van der Waals surface area contributed by atoms with Gasteiger partial charge in [-0.1, -0.05) is 11.6 Å². The van der Waals surface area contributed by atoms with Crippen LogP contribution in [-0.4, -0.2) is 22.9 Å². The van der Waals surface area contributed by atoms with Crippen molar-refractivity contribution in [3.8, 4) is 0 Å². The number of rotatable bonds is 4. The normalized spacial score (nSPS) is 11.2. The Morgan fingerprint density at radius 1 is 1.42 bits per heavy atom. The Kier molecular flexibility index (Phi) is 4.85. The maximum Gasteiger partial charge on any atom is 0.289 e.